The van der Waals surface area contributed by atoms with Crippen LogP contribution in [0.4, 0.5) is 5.69 Å². The van der Waals surface area contributed by atoms with Crippen LogP contribution in [-0.4, -0.2) is 17.4 Å². The van der Waals surface area contributed by atoms with E-state index in [-0.39, 0.29) is 11.6 Å². The van der Waals surface area contributed by atoms with Crippen LogP contribution in [0.25, 0.3) is 0 Å². The lowest BCUT2D eigenvalue weighted by atomic mass is 10.2. The highest BCUT2D eigenvalue weighted by molar-refractivity contribution is 9.10. The van der Waals surface area contributed by atoms with Gasteiger partial charge < -0.3 is 5.32 Å². The van der Waals surface area contributed by atoms with Gasteiger partial charge in [0.15, 0.2) is 0 Å². The zero-order valence-electron chi connectivity index (χ0n) is 8.98. The number of halogens is 1. The highest BCUT2D eigenvalue weighted by atomic mass is 79.9. The van der Waals surface area contributed by atoms with Crippen LogP contribution in [0.5, 0.6) is 0 Å². The Morgan fingerprint density at radius 1 is 1.53 bits per heavy atom. The van der Waals surface area contributed by atoms with Crippen LogP contribution in [0.15, 0.2) is 22.7 Å². The smallest absolute Gasteiger partial charge is 0.270 e. The fourth-order valence-corrected chi connectivity index (χ4v) is 1.88. The number of hydrogen-bond donors (Lipinski definition) is 1. The molecule has 0 atom stereocenters. The average molecular weight is 299 g/mol. The zero-order chi connectivity index (χ0) is 12.4. The minimum absolute atomic E-state index is 0.0789. The molecule has 0 heterocycles. The van der Waals surface area contributed by atoms with Crippen LogP contribution < -0.4 is 5.32 Å². The monoisotopic (exact) mass is 298 g/mol. The first-order valence-electron chi connectivity index (χ1n) is 5.30. The van der Waals surface area contributed by atoms with Crippen LogP contribution in [-0.2, 0) is 0 Å². The van der Waals surface area contributed by atoms with E-state index in [0.717, 1.165) is 12.8 Å². The lowest BCUT2D eigenvalue weighted by Crippen LogP contribution is -2.25. The van der Waals surface area contributed by atoms with Gasteiger partial charge in [-0.3, -0.25) is 14.9 Å². The molecule has 0 radical (unpaired) electrons. The summed E-state index contributed by atoms with van der Waals surface area (Å²) in [4.78, 5) is 21.9. The van der Waals surface area contributed by atoms with Crippen LogP contribution in [0, 0.1) is 16.0 Å². The van der Waals surface area contributed by atoms with Gasteiger partial charge in [-0.2, -0.15) is 0 Å². The molecule has 1 aliphatic rings. The largest absolute Gasteiger partial charge is 0.352 e. The first-order chi connectivity index (χ1) is 8.08. The Bertz CT molecular complexity index is 472. The van der Waals surface area contributed by atoms with E-state index in [1.807, 2.05) is 0 Å². The van der Waals surface area contributed by atoms with Crippen LogP contribution in [0.3, 0.4) is 0 Å². The van der Waals surface area contributed by atoms with Crippen molar-refractivity contribution >= 4 is 27.5 Å². The fourth-order valence-electron chi connectivity index (χ4n) is 1.46. The van der Waals surface area contributed by atoms with Gasteiger partial charge in [-0.15, -0.1) is 0 Å². The van der Waals surface area contributed by atoms with Crippen molar-refractivity contribution in [3.8, 4) is 0 Å². The number of hydrogen-bond acceptors (Lipinski definition) is 3. The normalized spacial score (nSPS) is 14.4. The molecule has 1 aromatic rings. The lowest BCUT2D eigenvalue weighted by Gasteiger charge is -2.05. The van der Waals surface area contributed by atoms with Gasteiger partial charge in [0.1, 0.15) is 0 Å². The molecule has 6 heteroatoms. The molecular weight excluding hydrogens is 288 g/mol. The predicted octanol–water partition coefficient (Wildman–Crippen LogP) is 2.50. The molecule has 2 rings (SSSR count). The zero-order valence-corrected chi connectivity index (χ0v) is 10.6. The van der Waals surface area contributed by atoms with Gasteiger partial charge in [-0.25, -0.2) is 0 Å². The predicted molar refractivity (Wildman–Crippen MR) is 65.9 cm³/mol. The number of amides is 1. The molecule has 0 spiro atoms. The molecule has 0 bridgehead atoms. The van der Waals surface area contributed by atoms with Crippen molar-refractivity contribution in [3.63, 3.8) is 0 Å². The van der Waals surface area contributed by atoms with Crippen molar-refractivity contribution < 1.29 is 9.72 Å². The molecule has 17 heavy (non-hydrogen) atoms. The lowest BCUT2D eigenvalue weighted by molar-refractivity contribution is -0.384. The summed E-state index contributed by atoms with van der Waals surface area (Å²) in [7, 11) is 0. The Kier molecular flexibility index (Phi) is 3.42. The number of carbonyl (C=O) groups excluding carboxylic acids is 1. The fraction of sp³-hybridized carbons (Fsp3) is 0.364. The second kappa shape index (κ2) is 4.83. The molecule has 0 aliphatic heterocycles. The Morgan fingerprint density at radius 2 is 2.24 bits per heavy atom. The number of nitrogens with zero attached hydrogens (tertiary/aromatic N) is 1. The minimum Gasteiger partial charge on any atom is -0.352 e. The maximum Gasteiger partial charge on any atom is 0.270 e. The summed E-state index contributed by atoms with van der Waals surface area (Å²) in [5, 5.41) is 13.4. The van der Waals surface area contributed by atoms with E-state index < -0.39 is 4.92 Å². The van der Waals surface area contributed by atoms with Gasteiger partial charge >= 0.3 is 0 Å². The SMILES string of the molecule is O=C(NCC1CC1)c1cc([N+](=O)[O-])ccc1Br. The second-order valence-corrected chi connectivity index (χ2v) is 4.93. The van der Waals surface area contributed by atoms with Crippen molar-refractivity contribution in [1.29, 1.82) is 0 Å². The summed E-state index contributed by atoms with van der Waals surface area (Å²) < 4.78 is 0.566. The van der Waals surface area contributed by atoms with E-state index in [0.29, 0.717) is 22.5 Å². The van der Waals surface area contributed by atoms with Crippen molar-refractivity contribution in [2.75, 3.05) is 6.54 Å². The van der Waals surface area contributed by atoms with Gasteiger partial charge in [-0.1, -0.05) is 0 Å². The van der Waals surface area contributed by atoms with Gasteiger partial charge in [-0.05, 0) is 40.8 Å². The van der Waals surface area contributed by atoms with E-state index in [1.54, 1.807) is 0 Å². The van der Waals surface area contributed by atoms with Crippen molar-refractivity contribution in [1.82, 2.24) is 5.32 Å². The number of carbonyl (C=O) groups is 1. The van der Waals surface area contributed by atoms with Gasteiger partial charge in [0, 0.05) is 23.2 Å². The molecule has 1 aromatic carbocycles. The molecule has 1 N–H and O–H groups in total. The summed E-state index contributed by atoms with van der Waals surface area (Å²) in [5.41, 5.74) is 0.227. The Balaban J connectivity index is 2.13. The number of non-ortho nitro benzene ring substituents is 1. The van der Waals surface area contributed by atoms with Gasteiger partial charge in [0.25, 0.3) is 11.6 Å². The molecule has 90 valence electrons. The molecular formula is C11H11BrN2O3. The molecule has 1 fully saturated rings. The summed E-state index contributed by atoms with van der Waals surface area (Å²) in [6, 6.07) is 4.16. The standard InChI is InChI=1S/C11H11BrN2O3/c12-10-4-3-8(14(16)17)5-9(10)11(15)13-6-7-1-2-7/h3-5,7H,1-2,6H2,(H,13,15). The van der Waals surface area contributed by atoms with Gasteiger partial charge in [0.05, 0.1) is 10.5 Å². The van der Waals surface area contributed by atoms with Crippen molar-refractivity contribution in [3.05, 3.63) is 38.3 Å². The van der Waals surface area contributed by atoms with Crippen LogP contribution in [0.2, 0.25) is 0 Å². The highest BCUT2D eigenvalue weighted by Crippen LogP contribution is 2.28. The molecule has 0 saturated heterocycles. The molecule has 1 aliphatic carbocycles. The molecule has 1 saturated carbocycles. The number of benzene rings is 1. The second-order valence-electron chi connectivity index (χ2n) is 4.07. The Labute approximate surface area is 106 Å². The topological polar surface area (TPSA) is 72.2 Å². The first-order valence-corrected chi connectivity index (χ1v) is 6.09. The average Bonchev–Trinajstić information content (AvgIpc) is 3.10. The van der Waals surface area contributed by atoms with Gasteiger partial charge in [0.2, 0.25) is 0 Å². The summed E-state index contributed by atoms with van der Waals surface area (Å²) in [6.07, 6.45) is 2.30. The third kappa shape index (κ3) is 3.03. The Morgan fingerprint density at radius 3 is 2.82 bits per heavy atom. The third-order valence-corrected chi connectivity index (χ3v) is 3.35. The van der Waals surface area contributed by atoms with E-state index in [4.69, 9.17) is 0 Å². The molecule has 0 unspecified atom stereocenters. The summed E-state index contributed by atoms with van der Waals surface area (Å²) >= 11 is 3.22. The summed E-state index contributed by atoms with van der Waals surface area (Å²) in [6.45, 7) is 0.647. The van der Waals surface area contributed by atoms with Crippen LogP contribution in [0.1, 0.15) is 23.2 Å². The third-order valence-electron chi connectivity index (χ3n) is 2.65. The van der Waals surface area contributed by atoms with Crippen LogP contribution >= 0.6 is 15.9 Å². The molecule has 0 aromatic heterocycles. The molecule has 1 amide bonds. The first kappa shape index (κ1) is 12.0. The van der Waals surface area contributed by atoms with E-state index in [9.17, 15) is 14.9 Å². The van der Waals surface area contributed by atoms with E-state index in [1.165, 1.54) is 18.2 Å². The van der Waals surface area contributed by atoms with E-state index in [2.05, 4.69) is 21.2 Å². The number of nitrogens with one attached hydrogen (secondary N) is 1. The highest BCUT2D eigenvalue weighted by Gasteiger charge is 2.23. The van der Waals surface area contributed by atoms with Crippen molar-refractivity contribution in [2.45, 2.75) is 12.8 Å². The maximum absolute atomic E-state index is 11.8. The molecule has 5 nitrogen and oxygen atoms in total. The van der Waals surface area contributed by atoms with Crippen molar-refractivity contribution in [2.24, 2.45) is 5.92 Å². The van der Waals surface area contributed by atoms with E-state index >= 15 is 0 Å². The summed E-state index contributed by atoms with van der Waals surface area (Å²) in [5.74, 6) is 0.309. The minimum atomic E-state index is -0.510. The number of nitro benzene ring substituents is 1. The Hall–Kier alpha value is -1.43. The quantitative estimate of drug-likeness (QED) is 0.686. The maximum atomic E-state index is 11.8. The number of nitro groups is 1. The number of rotatable bonds is 4.